The molecule has 0 radical (unpaired) electrons. The Morgan fingerprint density at radius 1 is 1.16 bits per heavy atom. The number of nitrogens with one attached hydrogen (secondary N) is 2. The number of amides is 1. The van der Waals surface area contributed by atoms with Gasteiger partial charge < -0.3 is 19.7 Å². The minimum absolute atomic E-state index is 0.0741. The smallest absolute Gasteiger partial charge is 0.254 e. The second kappa shape index (κ2) is 9.28. The number of fused-ring (bicyclic) bond motifs is 2. The number of pyridine rings is 1. The van der Waals surface area contributed by atoms with Crippen LogP contribution in [0.4, 0.5) is 33.2 Å². The standard InChI is InChI=1S/C25H25FN8O3/c1-14-24(35)34(18-3-4-21(36-2)27-12-18)20-13-28-25(31-23(20)33(14)17-5-7-37-8-6-17)30-16-9-15-11-29-32-22(15)19(26)10-16/h3-4,9-14,17H,5-8H2,1-2H3,(H,29,32)(H,28,30,31)/t14-/m1/s1. The average Bonchev–Trinajstić information content (AvgIpc) is 3.40. The second-order valence-electron chi connectivity index (χ2n) is 8.98. The van der Waals surface area contributed by atoms with E-state index in [4.69, 9.17) is 14.5 Å². The molecule has 2 aliphatic rings. The van der Waals surface area contributed by atoms with E-state index in [1.165, 1.54) is 13.2 Å². The largest absolute Gasteiger partial charge is 0.481 e. The first-order chi connectivity index (χ1) is 18.0. The van der Waals surface area contributed by atoms with E-state index in [9.17, 15) is 9.18 Å². The fourth-order valence-corrected chi connectivity index (χ4v) is 4.94. The van der Waals surface area contributed by atoms with E-state index in [0.717, 1.165) is 12.8 Å². The zero-order valence-corrected chi connectivity index (χ0v) is 20.3. The molecule has 2 N–H and O–H groups in total. The van der Waals surface area contributed by atoms with Gasteiger partial charge >= 0.3 is 0 Å². The van der Waals surface area contributed by atoms with Crippen molar-refractivity contribution in [3.8, 4) is 5.88 Å². The number of hydrogen-bond donors (Lipinski definition) is 2. The summed E-state index contributed by atoms with van der Waals surface area (Å²) < 4.78 is 25.3. The van der Waals surface area contributed by atoms with E-state index in [1.807, 2.05) is 6.92 Å². The monoisotopic (exact) mass is 504 g/mol. The molecule has 5 heterocycles. The van der Waals surface area contributed by atoms with Crippen LogP contribution in [0.15, 0.2) is 42.9 Å². The van der Waals surface area contributed by atoms with E-state index in [2.05, 4.69) is 30.4 Å². The van der Waals surface area contributed by atoms with Crippen molar-refractivity contribution in [1.29, 1.82) is 0 Å². The third-order valence-electron chi connectivity index (χ3n) is 6.76. The molecule has 37 heavy (non-hydrogen) atoms. The van der Waals surface area contributed by atoms with Crippen LogP contribution in [0.3, 0.4) is 0 Å². The number of carbonyl (C=O) groups excluding carboxylic acids is 1. The molecule has 12 heteroatoms. The number of aromatic amines is 1. The summed E-state index contributed by atoms with van der Waals surface area (Å²) in [5.41, 5.74) is 1.95. The summed E-state index contributed by atoms with van der Waals surface area (Å²) >= 11 is 0. The topological polar surface area (TPSA) is 121 Å². The van der Waals surface area contributed by atoms with Gasteiger partial charge in [0.2, 0.25) is 11.8 Å². The molecule has 0 unspecified atom stereocenters. The number of benzene rings is 1. The lowest BCUT2D eigenvalue weighted by molar-refractivity contribution is -0.119. The maximum absolute atomic E-state index is 14.5. The lowest BCUT2D eigenvalue weighted by Crippen LogP contribution is -2.56. The Kier molecular flexibility index (Phi) is 5.80. The number of aromatic nitrogens is 5. The third-order valence-corrected chi connectivity index (χ3v) is 6.76. The normalized spacial score (nSPS) is 18.2. The molecule has 1 atom stereocenters. The molecule has 2 aliphatic heterocycles. The Labute approximate surface area is 211 Å². The Bertz CT molecular complexity index is 1450. The summed E-state index contributed by atoms with van der Waals surface area (Å²) in [6.07, 6.45) is 6.30. The molecule has 6 rings (SSSR count). The van der Waals surface area contributed by atoms with Crippen molar-refractivity contribution in [1.82, 2.24) is 25.1 Å². The van der Waals surface area contributed by atoms with Crippen LogP contribution in [-0.4, -0.2) is 63.5 Å². The highest BCUT2D eigenvalue weighted by atomic mass is 19.1. The average molecular weight is 505 g/mol. The van der Waals surface area contributed by atoms with Crippen LogP contribution in [0, 0.1) is 5.82 Å². The number of hydrogen-bond acceptors (Lipinski definition) is 9. The molecular weight excluding hydrogens is 479 g/mol. The van der Waals surface area contributed by atoms with Gasteiger partial charge in [-0.05, 0) is 38.0 Å². The van der Waals surface area contributed by atoms with E-state index in [-0.39, 0.29) is 17.9 Å². The van der Waals surface area contributed by atoms with Crippen LogP contribution in [0.25, 0.3) is 10.9 Å². The molecule has 1 aromatic carbocycles. The van der Waals surface area contributed by atoms with E-state index >= 15 is 0 Å². The van der Waals surface area contributed by atoms with Crippen molar-refractivity contribution in [2.24, 2.45) is 0 Å². The van der Waals surface area contributed by atoms with Crippen LogP contribution in [-0.2, 0) is 9.53 Å². The third kappa shape index (κ3) is 4.08. The molecular formula is C25H25FN8O3. The van der Waals surface area contributed by atoms with Gasteiger partial charge in [0.05, 0.1) is 31.4 Å². The van der Waals surface area contributed by atoms with Gasteiger partial charge in [0, 0.05) is 36.4 Å². The van der Waals surface area contributed by atoms with Gasteiger partial charge in [0.1, 0.15) is 17.2 Å². The van der Waals surface area contributed by atoms with Crippen molar-refractivity contribution in [2.45, 2.75) is 31.8 Å². The molecule has 4 aromatic rings. The minimum atomic E-state index is -0.486. The molecule has 1 fully saturated rings. The number of rotatable bonds is 5. The number of H-pyrrole nitrogens is 1. The van der Waals surface area contributed by atoms with Gasteiger partial charge in [0.15, 0.2) is 11.6 Å². The van der Waals surface area contributed by atoms with Gasteiger partial charge in [-0.3, -0.25) is 14.8 Å². The second-order valence-corrected chi connectivity index (χ2v) is 8.98. The van der Waals surface area contributed by atoms with E-state index in [1.54, 1.807) is 41.7 Å². The van der Waals surface area contributed by atoms with Gasteiger partial charge in [-0.2, -0.15) is 10.1 Å². The number of anilines is 5. The summed E-state index contributed by atoms with van der Waals surface area (Å²) in [7, 11) is 1.54. The predicted molar refractivity (Wildman–Crippen MR) is 135 cm³/mol. The van der Waals surface area contributed by atoms with Crippen LogP contribution < -0.4 is 19.9 Å². The molecule has 1 amide bonds. The highest BCUT2D eigenvalue weighted by Gasteiger charge is 2.41. The van der Waals surface area contributed by atoms with Crippen molar-refractivity contribution in [3.05, 3.63) is 48.7 Å². The fraction of sp³-hybridized carbons (Fsp3) is 0.320. The fourth-order valence-electron chi connectivity index (χ4n) is 4.94. The van der Waals surface area contributed by atoms with Crippen molar-refractivity contribution in [3.63, 3.8) is 0 Å². The predicted octanol–water partition coefficient (Wildman–Crippen LogP) is 3.69. The Morgan fingerprint density at radius 3 is 2.76 bits per heavy atom. The molecule has 11 nitrogen and oxygen atoms in total. The summed E-state index contributed by atoms with van der Waals surface area (Å²) in [4.78, 5) is 30.9. The number of methoxy groups -OCH3 is 1. The van der Waals surface area contributed by atoms with Crippen molar-refractivity contribution >= 4 is 45.6 Å². The maximum atomic E-state index is 14.5. The summed E-state index contributed by atoms with van der Waals surface area (Å²) in [6, 6.07) is 6.20. The Morgan fingerprint density at radius 2 is 2.00 bits per heavy atom. The van der Waals surface area contributed by atoms with Gasteiger partial charge in [0.25, 0.3) is 5.91 Å². The summed E-state index contributed by atoms with van der Waals surface area (Å²) in [5.74, 6) is 0.798. The van der Waals surface area contributed by atoms with Crippen LogP contribution in [0.2, 0.25) is 0 Å². The Balaban J connectivity index is 1.43. The van der Waals surface area contributed by atoms with Crippen molar-refractivity contribution < 1.29 is 18.7 Å². The van der Waals surface area contributed by atoms with Crippen LogP contribution in [0.5, 0.6) is 5.88 Å². The summed E-state index contributed by atoms with van der Waals surface area (Å²) in [6.45, 7) is 3.11. The van der Waals surface area contributed by atoms with Gasteiger partial charge in [-0.15, -0.1) is 0 Å². The minimum Gasteiger partial charge on any atom is -0.481 e. The quantitative estimate of drug-likeness (QED) is 0.419. The number of ether oxygens (including phenoxy) is 2. The SMILES string of the molecule is COc1ccc(N2C(=O)[C@@H](C)N(C3CCOCC3)c3nc(Nc4cc(F)c5[nH]ncc5c4)ncc32)cn1. The lowest BCUT2D eigenvalue weighted by Gasteiger charge is -2.45. The van der Waals surface area contributed by atoms with Gasteiger partial charge in [-0.1, -0.05) is 0 Å². The van der Waals surface area contributed by atoms with E-state index < -0.39 is 11.9 Å². The van der Waals surface area contributed by atoms with E-state index in [0.29, 0.717) is 52.9 Å². The zero-order valence-electron chi connectivity index (χ0n) is 20.3. The molecule has 3 aromatic heterocycles. The lowest BCUT2D eigenvalue weighted by atomic mass is 10.0. The van der Waals surface area contributed by atoms with Gasteiger partial charge in [-0.25, -0.2) is 14.4 Å². The molecule has 0 aliphatic carbocycles. The Hall–Kier alpha value is -4.32. The van der Waals surface area contributed by atoms with Crippen molar-refractivity contribution in [2.75, 3.05) is 35.4 Å². The first-order valence-electron chi connectivity index (χ1n) is 12.0. The zero-order chi connectivity index (χ0) is 25.5. The molecule has 0 bridgehead atoms. The highest BCUT2D eigenvalue weighted by Crippen LogP contribution is 2.41. The summed E-state index contributed by atoms with van der Waals surface area (Å²) in [5, 5.41) is 10.3. The first-order valence-corrected chi connectivity index (χ1v) is 12.0. The number of nitrogens with zero attached hydrogens (tertiary/aromatic N) is 6. The maximum Gasteiger partial charge on any atom is 0.254 e. The first kappa shape index (κ1) is 23.1. The number of carbonyl (C=O) groups is 1. The highest BCUT2D eigenvalue weighted by molar-refractivity contribution is 6.09. The molecule has 0 spiro atoms. The van der Waals surface area contributed by atoms with Crippen LogP contribution >= 0.6 is 0 Å². The molecule has 190 valence electrons. The molecule has 1 saturated heterocycles. The number of halogens is 1. The molecule has 0 saturated carbocycles. The van der Waals surface area contributed by atoms with Crippen LogP contribution in [0.1, 0.15) is 19.8 Å².